The zero-order valence-corrected chi connectivity index (χ0v) is 21.3. The number of sulfonamides is 1. The van der Waals surface area contributed by atoms with E-state index in [4.69, 9.17) is 27.9 Å². The van der Waals surface area contributed by atoms with Gasteiger partial charge >= 0.3 is 0 Å². The van der Waals surface area contributed by atoms with Crippen LogP contribution in [0.15, 0.2) is 71.6 Å². The molecule has 0 aromatic heterocycles. The number of hydrogen-bond donors (Lipinski definition) is 1. The Labute approximate surface area is 210 Å². The molecular weight excluding hydrogens is 495 g/mol. The Morgan fingerprint density at radius 1 is 1.03 bits per heavy atom. The first kappa shape index (κ1) is 26.0. The van der Waals surface area contributed by atoms with Gasteiger partial charge in [0.25, 0.3) is 0 Å². The number of nitrogens with one attached hydrogen (secondary N) is 1. The summed E-state index contributed by atoms with van der Waals surface area (Å²) in [5, 5.41) is 3.67. The molecule has 0 fully saturated rings. The number of hydrogen-bond acceptors (Lipinski definition) is 4. The summed E-state index contributed by atoms with van der Waals surface area (Å²) in [7, 11) is -2.41. The van der Waals surface area contributed by atoms with E-state index in [0.717, 1.165) is 5.56 Å². The highest BCUT2D eigenvalue weighted by atomic mass is 35.5. The number of amides is 1. The van der Waals surface area contributed by atoms with Crippen LogP contribution in [0.5, 0.6) is 5.75 Å². The van der Waals surface area contributed by atoms with Gasteiger partial charge < -0.3 is 10.1 Å². The fourth-order valence-electron chi connectivity index (χ4n) is 3.42. The monoisotopic (exact) mass is 520 g/mol. The van der Waals surface area contributed by atoms with Crippen molar-refractivity contribution in [3.63, 3.8) is 0 Å². The van der Waals surface area contributed by atoms with Crippen LogP contribution in [0.25, 0.3) is 0 Å². The Kier molecular flexibility index (Phi) is 8.97. The lowest BCUT2D eigenvalue weighted by Gasteiger charge is -2.22. The quantitative estimate of drug-likeness (QED) is 0.414. The van der Waals surface area contributed by atoms with E-state index in [9.17, 15) is 13.2 Å². The standard InChI is InChI=1S/C25H26Cl2N2O4S/c1-18-14-22(10-11-24(18)33-2)34(31,32)29(13-12-19-6-4-3-5-7-19)17-25(30)28-16-20-8-9-21(26)15-23(20)27/h3-11,14-15H,12-13,16-17H2,1-2H3,(H,28,30). The van der Waals surface area contributed by atoms with E-state index in [1.165, 1.54) is 17.5 Å². The van der Waals surface area contributed by atoms with Crippen LogP contribution in [0.1, 0.15) is 16.7 Å². The van der Waals surface area contributed by atoms with E-state index >= 15 is 0 Å². The van der Waals surface area contributed by atoms with Crippen molar-refractivity contribution in [2.45, 2.75) is 24.8 Å². The number of benzene rings is 3. The van der Waals surface area contributed by atoms with Gasteiger partial charge in [0.15, 0.2) is 0 Å². The third-order valence-electron chi connectivity index (χ3n) is 5.31. The fraction of sp³-hybridized carbons (Fsp3) is 0.240. The molecule has 34 heavy (non-hydrogen) atoms. The van der Waals surface area contributed by atoms with Gasteiger partial charge in [0, 0.05) is 23.1 Å². The summed E-state index contributed by atoms with van der Waals surface area (Å²) in [4.78, 5) is 12.9. The summed E-state index contributed by atoms with van der Waals surface area (Å²) >= 11 is 12.1. The normalized spacial score (nSPS) is 11.4. The molecule has 1 N–H and O–H groups in total. The van der Waals surface area contributed by atoms with E-state index in [1.807, 2.05) is 30.3 Å². The van der Waals surface area contributed by atoms with Crippen LogP contribution in [-0.2, 0) is 27.8 Å². The molecular formula is C25H26Cl2N2O4S. The van der Waals surface area contributed by atoms with E-state index in [1.54, 1.807) is 37.3 Å². The van der Waals surface area contributed by atoms with E-state index in [-0.39, 0.29) is 24.5 Å². The highest BCUT2D eigenvalue weighted by Gasteiger charge is 2.27. The first-order valence-electron chi connectivity index (χ1n) is 10.6. The van der Waals surface area contributed by atoms with Gasteiger partial charge in [-0.05, 0) is 60.4 Å². The Hall–Kier alpha value is -2.58. The van der Waals surface area contributed by atoms with Gasteiger partial charge in [0.05, 0.1) is 18.6 Å². The number of carbonyl (C=O) groups is 1. The van der Waals surface area contributed by atoms with Gasteiger partial charge in [0.1, 0.15) is 5.75 Å². The van der Waals surface area contributed by atoms with E-state index in [0.29, 0.717) is 33.3 Å². The van der Waals surface area contributed by atoms with E-state index < -0.39 is 15.9 Å². The minimum Gasteiger partial charge on any atom is -0.496 e. The van der Waals surface area contributed by atoms with Gasteiger partial charge in [-0.1, -0.05) is 59.6 Å². The molecule has 0 radical (unpaired) electrons. The summed E-state index contributed by atoms with van der Waals surface area (Å²) in [6.07, 6.45) is 0.464. The molecule has 0 spiro atoms. The molecule has 0 unspecified atom stereocenters. The summed E-state index contributed by atoms with van der Waals surface area (Å²) in [6, 6.07) is 19.2. The maximum atomic E-state index is 13.5. The first-order valence-corrected chi connectivity index (χ1v) is 12.8. The van der Waals surface area contributed by atoms with Gasteiger partial charge in [0.2, 0.25) is 15.9 Å². The molecule has 0 saturated heterocycles. The van der Waals surface area contributed by atoms with Crippen LogP contribution in [-0.4, -0.2) is 38.8 Å². The first-order chi connectivity index (χ1) is 16.2. The number of rotatable bonds is 10. The molecule has 0 heterocycles. The van der Waals surface area contributed by atoms with Crippen LogP contribution in [0, 0.1) is 6.92 Å². The summed E-state index contributed by atoms with van der Waals surface area (Å²) < 4.78 is 33.4. The molecule has 3 rings (SSSR count). The molecule has 3 aromatic rings. The van der Waals surface area contributed by atoms with Crippen LogP contribution < -0.4 is 10.1 Å². The van der Waals surface area contributed by atoms with Crippen LogP contribution in [0.3, 0.4) is 0 Å². The molecule has 3 aromatic carbocycles. The zero-order chi connectivity index (χ0) is 24.7. The van der Waals surface area contributed by atoms with Crippen molar-refractivity contribution < 1.29 is 17.9 Å². The van der Waals surface area contributed by atoms with Crippen molar-refractivity contribution in [3.8, 4) is 5.75 Å². The second kappa shape index (κ2) is 11.7. The lowest BCUT2D eigenvalue weighted by atomic mass is 10.1. The number of aryl methyl sites for hydroxylation is 1. The van der Waals surface area contributed by atoms with Crippen molar-refractivity contribution in [1.29, 1.82) is 0 Å². The lowest BCUT2D eigenvalue weighted by Crippen LogP contribution is -2.41. The smallest absolute Gasteiger partial charge is 0.243 e. The SMILES string of the molecule is COc1ccc(S(=O)(=O)N(CCc2ccccc2)CC(=O)NCc2ccc(Cl)cc2Cl)cc1C. The molecule has 0 saturated carbocycles. The summed E-state index contributed by atoms with van der Waals surface area (Å²) in [5.74, 6) is 0.153. The highest BCUT2D eigenvalue weighted by Crippen LogP contribution is 2.24. The number of methoxy groups -OCH3 is 1. The number of nitrogens with zero attached hydrogens (tertiary/aromatic N) is 1. The molecule has 0 aliphatic heterocycles. The Morgan fingerprint density at radius 2 is 1.76 bits per heavy atom. The average molecular weight is 521 g/mol. The maximum Gasteiger partial charge on any atom is 0.243 e. The summed E-state index contributed by atoms with van der Waals surface area (Å²) in [6.45, 7) is 1.75. The van der Waals surface area contributed by atoms with Gasteiger partial charge in [-0.3, -0.25) is 4.79 Å². The molecule has 1 amide bonds. The number of halogens is 2. The third-order valence-corrected chi connectivity index (χ3v) is 7.74. The third kappa shape index (κ3) is 6.73. The second-order valence-electron chi connectivity index (χ2n) is 7.72. The van der Waals surface area contributed by atoms with Crippen molar-refractivity contribution >= 4 is 39.1 Å². The van der Waals surface area contributed by atoms with Crippen molar-refractivity contribution in [2.75, 3.05) is 20.2 Å². The molecule has 9 heteroatoms. The Morgan fingerprint density at radius 3 is 2.41 bits per heavy atom. The lowest BCUT2D eigenvalue weighted by molar-refractivity contribution is -0.121. The number of carbonyl (C=O) groups excluding carboxylic acids is 1. The van der Waals surface area contributed by atoms with Crippen molar-refractivity contribution in [3.05, 3.63) is 93.5 Å². The highest BCUT2D eigenvalue weighted by molar-refractivity contribution is 7.89. The Balaban J connectivity index is 1.79. The largest absolute Gasteiger partial charge is 0.496 e. The molecule has 0 bridgehead atoms. The minimum absolute atomic E-state index is 0.104. The topological polar surface area (TPSA) is 75.7 Å². The average Bonchev–Trinajstić information content (AvgIpc) is 2.81. The fourth-order valence-corrected chi connectivity index (χ4v) is 5.38. The predicted molar refractivity (Wildman–Crippen MR) is 135 cm³/mol. The molecule has 0 aliphatic rings. The Bertz CT molecular complexity index is 1250. The van der Waals surface area contributed by atoms with Gasteiger partial charge in [-0.2, -0.15) is 4.31 Å². The van der Waals surface area contributed by atoms with Crippen LogP contribution >= 0.6 is 23.2 Å². The summed E-state index contributed by atoms with van der Waals surface area (Å²) in [5.41, 5.74) is 2.35. The molecule has 180 valence electrons. The zero-order valence-electron chi connectivity index (χ0n) is 18.9. The maximum absolute atomic E-state index is 13.5. The van der Waals surface area contributed by atoms with Crippen LogP contribution in [0.2, 0.25) is 10.0 Å². The molecule has 0 atom stereocenters. The van der Waals surface area contributed by atoms with Crippen LogP contribution in [0.4, 0.5) is 0 Å². The molecule has 0 aliphatic carbocycles. The van der Waals surface area contributed by atoms with Crippen molar-refractivity contribution in [2.24, 2.45) is 0 Å². The second-order valence-corrected chi connectivity index (χ2v) is 10.5. The predicted octanol–water partition coefficient (Wildman–Crippen LogP) is 4.86. The minimum atomic E-state index is -3.94. The van der Waals surface area contributed by atoms with Gasteiger partial charge in [-0.25, -0.2) is 8.42 Å². The molecule has 6 nitrogen and oxygen atoms in total. The number of ether oxygens (including phenoxy) is 1. The van der Waals surface area contributed by atoms with E-state index in [2.05, 4.69) is 5.32 Å². The van der Waals surface area contributed by atoms with Gasteiger partial charge in [-0.15, -0.1) is 0 Å². The van der Waals surface area contributed by atoms with Crippen molar-refractivity contribution in [1.82, 2.24) is 9.62 Å².